The zero-order chi connectivity index (χ0) is 15.6. The molecule has 21 heavy (non-hydrogen) atoms. The summed E-state index contributed by atoms with van der Waals surface area (Å²) in [4.78, 5) is 14.2. The SMILES string of the molecule is CN(C)c1ccc(Cl)cc1NC(=O)c1ccc(N)c(Cl)c1. The van der Waals surface area contributed by atoms with Gasteiger partial charge in [0.2, 0.25) is 0 Å². The highest BCUT2D eigenvalue weighted by Gasteiger charge is 2.12. The van der Waals surface area contributed by atoms with Crippen LogP contribution < -0.4 is 16.0 Å². The van der Waals surface area contributed by atoms with Crippen LogP contribution in [0.1, 0.15) is 10.4 Å². The van der Waals surface area contributed by atoms with Gasteiger partial charge in [0.15, 0.2) is 0 Å². The van der Waals surface area contributed by atoms with Crippen molar-refractivity contribution in [3.8, 4) is 0 Å². The Morgan fingerprint density at radius 3 is 2.48 bits per heavy atom. The lowest BCUT2D eigenvalue weighted by atomic mass is 10.2. The number of rotatable bonds is 3. The van der Waals surface area contributed by atoms with Gasteiger partial charge < -0.3 is 16.0 Å². The average molecular weight is 324 g/mol. The molecular weight excluding hydrogens is 309 g/mol. The zero-order valence-corrected chi connectivity index (χ0v) is 13.2. The molecule has 0 aliphatic rings. The number of nitrogens with zero attached hydrogens (tertiary/aromatic N) is 1. The van der Waals surface area contributed by atoms with E-state index in [0.717, 1.165) is 5.69 Å². The highest BCUT2D eigenvalue weighted by Crippen LogP contribution is 2.28. The van der Waals surface area contributed by atoms with Crippen LogP contribution in [0.2, 0.25) is 10.0 Å². The van der Waals surface area contributed by atoms with E-state index in [4.69, 9.17) is 28.9 Å². The number of amides is 1. The van der Waals surface area contributed by atoms with Crippen molar-refractivity contribution in [1.82, 2.24) is 0 Å². The second-order valence-corrected chi connectivity index (χ2v) is 5.59. The Hall–Kier alpha value is -1.91. The molecule has 0 radical (unpaired) electrons. The van der Waals surface area contributed by atoms with E-state index in [1.807, 2.05) is 25.1 Å². The molecule has 0 bridgehead atoms. The number of nitrogens with two attached hydrogens (primary N) is 1. The van der Waals surface area contributed by atoms with E-state index < -0.39 is 0 Å². The second kappa shape index (κ2) is 6.24. The number of anilines is 3. The Labute approximate surface area is 133 Å². The van der Waals surface area contributed by atoms with E-state index in [-0.39, 0.29) is 5.91 Å². The molecule has 2 aromatic carbocycles. The Bertz CT molecular complexity index is 687. The molecule has 4 nitrogen and oxygen atoms in total. The third kappa shape index (κ3) is 3.60. The van der Waals surface area contributed by atoms with E-state index >= 15 is 0 Å². The first-order valence-electron chi connectivity index (χ1n) is 6.21. The number of benzene rings is 2. The summed E-state index contributed by atoms with van der Waals surface area (Å²) in [6.07, 6.45) is 0. The molecule has 0 aliphatic carbocycles. The molecule has 0 saturated carbocycles. The van der Waals surface area contributed by atoms with Gasteiger partial charge in [0.25, 0.3) is 5.91 Å². The average Bonchev–Trinajstić information content (AvgIpc) is 2.41. The highest BCUT2D eigenvalue weighted by molar-refractivity contribution is 6.33. The van der Waals surface area contributed by atoms with Gasteiger partial charge in [0, 0.05) is 24.7 Å². The predicted molar refractivity (Wildman–Crippen MR) is 89.6 cm³/mol. The van der Waals surface area contributed by atoms with Gasteiger partial charge in [-0.05, 0) is 36.4 Å². The lowest BCUT2D eigenvalue weighted by Gasteiger charge is -2.18. The largest absolute Gasteiger partial charge is 0.398 e. The van der Waals surface area contributed by atoms with Crippen molar-refractivity contribution in [2.75, 3.05) is 30.0 Å². The molecular formula is C15H15Cl2N3O. The highest BCUT2D eigenvalue weighted by atomic mass is 35.5. The molecule has 0 heterocycles. The summed E-state index contributed by atoms with van der Waals surface area (Å²) >= 11 is 11.9. The molecule has 0 aliphatic heterocycles. The topological polar surface area (TPSA) is 58.4 Å². The number of nitrogens with one attached hydrogen (secondary N) is 1. The quantitative estimate of drug-likeness (QED) is 0.842. The van der Waals surface area contributed by atoms with Crippen molar-refractivity contribution in [3.05, 3.63) is 52.0 Å². The van der Waals surface area contributed by atoms with Gasteiger partial charge in [0.05, 0.1) is 22.1 Å². The third-order valence-electron chi connectivity index (χ3n) is 2.95. The molecule has 0 aromatic heterocycles. The summed E-state index contributed by atoms with van der Waals surface area (Å²) in [6, 6.07) is 10.1. The standard InChI is InChI=1S/C15H15Cl2N3O/c1-20(2)14-6-4-10(16)8-13(14)19-15(21)9-3-5-12(18)11(17)7-9/h3-8H,18H2,1-2H3,(H,19,21). The minimum absolute atomic E-state index is 0.276. The molecule has 6 heteroatoms. The summed E-state index contributed by atoms with van der Waals surface area (Å²) in [6.45, 7) is 0. The Morgan fingerprint density at radius 1 is 1.14 bits per heavy atom. The van der Waals surface area contributed by atoms with E-state index in [9.17, 15) is 4.79 Å². The van der Waals surface area contributed by atoms with Crippen LogP contribution in [-0.4, -0.2) is 20.0 Å². The first kappa shape index (κ1) is 15.5. The molecule has 0 unspecified atom stereocenters. The molecule has 110 valence electrons. The molecule has 0 saturated heterocycles. The van der Waals surface area contributed by atoms with Crippen LogP contribution in [0.5, 0.6) is 0 Å². The first-order chi connectivity index (χ1) is 9.88. The number of carbonyl (C=O) groups is 1. The summed E-state index contributed by atoms with van der Waals surface area (Å²) in [5.41, 5.74) is 7.99. The fourth-order valence-corrected chi connectivity index (χ4v) is 2.21. The van der Waals surface area contributed by atoms with Gasteiger partial charge in [-0.25, -0.2) is 0 Å². The summed E-state index contributed by atoms with van der Waals surface area (Å²) in [5, 5.41) is 3.73. The van der Waals surface area contributed by atoms with E-state index in [1.165, 1.54) is 6.07 Å². The minimum atomic E-state index is -0.276. The molecule has 2 aromatic rings. The molecule has 0 fully saturated rings. The van der Waals surface area contributed by atoms with Gasteiger partial charge in [-0.15, -0.1) is 0 Å². The van der Waals surface area contributed by atoms with Crippen LogP contribution in [0.15, 0.2) is 36.4 Å². The monoisotopic (exact) mass is 323 g/mol. The lowest BCUT2D eigenvalue weighted by molar-refractivity contribution is 0.102. The smallest absolute Gasteiger partial charge is 0.255 e. The fourth-order valence-electron chi connectivity index (χ4n) is 1.86. The van der Waals surface area contributed by atoms with Crippen molar-refractivity contribution in [2.45, 2.75) is 0 Å². The van der Waals surface area contributed by atoms with Crippen LogP contribution in [-0.2, 0) is 0 Å². The maximum atomic E-state index is 12.3. The van der Waals surface area contributed by atoms with Crippen LogP contribution in [0, 0.1) is 0 Å². The Morgan fingerprint density at radius 2 is 1.86 bits per heavy atom. The van der Waals surface area contributed by atoms with Gasteiger partial charge in [0.1, 0.15) is 0 Å². The molecule has 0 atom stereocenters. The van der Waals surface area contributed by atoms with Gasteiger partial charge in [-0.1, -0.05) is 23.2 Å². The lowest BCUT2D eigenvalue weighted by Crippen LogP contribution is -2.16. The number of nitrogen functional groups attached to an aromatic ring is 1. The normalized spacial score (nSPS) is 10.3. The van der Waals surface area contributed by atoms with Crippen molar-refractivity contribution in [3.63, 3.8) is 0 Å². The summed E-state index contributed by atoms with van der Waals surface area (Å²) in [5.74, 6) is -0.276. The first-order valence-corrected chi connectivity index (χ1v) is 6.97. The zero-order valence-electron chi connectivity index (χ0n) is 11.7. The third-order valence-corrected chi connectivity index (χ3v) is 3.51. The van der Waals surface area contributed by atoms with Crippen molar-refractivity contribution in [2.24, 2.45) is 0 Å². The number of carbonyl (C=O) groups excluding carboxylic acids is 1. The van der Waals surface area contributed by atoms with Crippen LogP contribution >= 0.6 is 23.2 Å². The van der Waals surface area contributed by atoms with Gasteiger partial charge in [-0.2, -0.15) is 0 Å². The molecule has 1 amide bonds. The summed E-state index contributed by atoms with van der Waals surface area (Å²) < 4.78 is 0. The second-order valence-electron chi connectivity index (χ2n) is 4.75. The van der Waals surface area contributed by atoms with E-state index in [1.54, 1.807) is 24.3 Å². The fraction of sp³-hybridized carbons (Fsp3) is 0.133. The van der Waals surface area contributed by atoms with Gasteiger partial charge in [-0.3, -0.25) is 4.79 Å². The maximum Gasteiger partial charge on any atom is 0.255 e. The van der Waals surface area contributed by atoms with Crippen molar-refractivity contribution >= 4 is 46.2 Å². The van der Waals surface area contributed by atoms with Crippen LogP contribution in [0.3, 0.4) is 0 Å². The van der Waals surface area contributed by atoms with E-state index in [0.29, 0.717) is 27.0 Å². The number of hydrogen-bond acceptors (Lipinski definition) is 3. The van der Waals surface area contributed by atoms with E-state index in [2.05, 4.69) is 5.32 Å². The molecule has 2 rings (SSSR count). The minimum Gasteiger partial charge on any atom is -0.398 e. The van der Waals surface area contributed by atoms with Crippen molar-refractivity contribution in [1.29, 1.82) is 0 Å². The number of halogens is 2. The van der Waals surface area contributed by atoms with Crippen LogP contribution in [0.4, 0.5) is 17.1 Å². The molecule has 3 N–H and O–H groups in total. The maximum absolute atomic E-state index is 12.3. The summed E-state index contributed by atoms with van der Waals surface area (Å²) in [7, 11) is 3.78. The predicted octanol–water partition coefficient (Wildman–Crippen LogP) is 3.89. The Balaban J connectivity index is 2.30. The number of hydrogen-bond donors (Lipinski definition) is 2. The molecule has 0 spiro atoms. The Kier molecular flexibility index (Phi) is 4.60. The van der Waals surface area contributed by atoms with Crippen LogP contribution in [0.25, 0.3) is 0 Å². The van der Waals surface area contributed by atoms with Gasteiger partial charge >= 0.3 is 0 Å². The van der Waals surface area contributed by atoms with Crippen molar-refractivity contribution < 1.29 is 4.79 Å².